The summed E-state index contributed by atoms with van der Waals surface area (Å²) in [5, 5.41) is 14.9. The van der Waals surface area contributed by atoms with E-state index in [1.54, 1.807) is 17.1 Å². The highest BCUT2D eigenvalue weighted by molar-refractivity contribution is 5.83. The van der Waals surface area contributed by atoms with Gasteiger partial charge in [0.2, 0.25) is 5.91 Å². The van der Waals surface area contributed by atoms with Crippen LogP contribution in [0.25, 0.3) is 16.7 Å². The minimum absolute atomic E-state index is 0.0197. The number of amides is 1. The quantitative estimate of drug-likeness (QED) is 0.530. The van der Waals surface area contributed by atoms with Gasteiger partial charge in [-0.05, 0) is 38.5 Å². The van der Waals surface area contributed by atoms with Crippen LogP contribution in [0.3, 0.4) is 0 Å². The van der Waals surface area contributed by atoms with Crippen LogP contribution in [0.5, 0.6) is 0 Å². The first-order valence-electron chi connectivity index (χ1n) is 9.08. The van der Waals surface area contributed by atoms with Crippen LogP contribution in [0, 0.1) is 0 Å². The molecule has 0 aliphatic heterocycles. The number of carbonyl (C=O) groups is 1. The third-order valence-electron chi connectivity index (χ3n) is 3.90. The molecule has 8 heteroatoms. The Hall–Kier alpha value is -3.16. The van der Waals surface area contributed by atoms with Gasteiger partial charge in [-0.1, -0.05) is 0 Å². The van der Waals surface area contributed by atoms with E-state index >= 15 is 0 Å². The molecule has 0 fully saturated rings. The topological polar surface area (TPSA) is 96.8 Å². The van der Waals surface area contributed by atoms with Gasteiger partial charge in [0.15, 0.2) is 5.82 Å². The first-order valence-corrected chi connectivity index (χ1v) is 9.08. The monoisotopic (exact) mass is 367 g/mol. The second-order valence-corrected chi connectivity index (χ2v) is 6.65. The summed E-state index contributed by atoms with van der Waals surface area (Å²) in [4.78, 5) is 19.8. The fraction of sp³-hybridized carbons (Fsp3) is 0.368. The van der Waals surface area contributed by atoms with Crippen LogP contribution in [0.4, 0.5) is 11.5 Å². The van der Waals surface area contributed by atoms with E-state index in [-0.39, 0.29) is 5.91 Å². The lowest BCUT2D eigenvalue weighted by Crippen LogP contribution is -2.22. The van der Waals surface area contributed by atoms with E-state index in [9.17, 15) is 4.79 Å². The van der Waals surface area contributed by atoms with Crippen LogP contribution in [0.2, 0.25) is 0 Å². The summed E-state index contributed by atoms with van der Waals surface area (Å²) >= 11 is 0. The molecule has 2 aromatic heterocycles. The minimum Gasteiger partial charge on any atom is -0.383 e. The Balaban J connectivity index is 1.75. The van der Waals surface area contributed by atoms with Gasteiger partial charge < -0.3 is 16.0 Å². The molecule has 0 radical (unpaired) electrons. The Morgan fingerprint density at radius 3 is 2.81 bits per heavy atom. The van der Waals surface area contributed by atoms with Crippen LogP contribution in [0.15, 0.2) is 36.8 Å². The maximum absolute atomic E-state index is 10.9. The summed E-state index contributed by atoms with van der Waals surface area (Å²) in [6.07, 6.45) is 6.00. The molecule has 0 spiro atoms. The molecule has 27 heavy (non-hydrogen) atoms. The number of hydrogen-bond acceptors (Lipinski definition) is 6. The van der Waals surface area contributed by atoms with Crippen molar-refractivity contribution in [2.24, 2.45) is 0 Å². The largest absolute Gasteiger partial charge is 0.383 e. The van der Waals surface area contributed by atoms with E-state index in [1.807, 2.05) is 18.3 Å². The lowest BCUT2D eigenvalue weighted by Gasteiger charge is -2.11. The smallest absolute Gasteiger partial charge is 0.216 e. The van der Waals surface area contributed by atoms with Gasteiger partial charge in [0, 0.05) is 37.1 Å². The third-order valence-corrected chi connectivity index (χ3v) is 3.90. The van der Waals surface area contributed by atoms with Crippen LogP contribution < -0.4 is 16.0 Å². The number of rotatable bonds is 8. The summed E-state index contributed by atoms with van der Waals surface area (Å²) in [6.45, 7) is 7.05. The van der Waals surface area contributed by atoms with Crippen molar-refractivity contribution in [2.45, 2.75) is 33.2 Å². The average molecular weight is 367 g/mol. The van der Waals surface area contributed by atoms with Crippen molar-refractivity contribution in [3.05, 3.63) is 36.8 Å². The van der Waals surface area contributed by atoms with Crippen LogP contribution in [-0.4, -0.2) is 44.8 Å². The molecule has 8 nitrogen and oxygen atoms in total. The van der Waals surface area contributed by atoms with E-state index in [0.717, 1.165) is 23.0 Å². The number of aromatic nitrogens is 4. The third kappa shape index (κ3) is 4.93. The molecule has 0 bridgehead atoms. The number of hydrogen-bond donors (Lipinski definition) is 3. The van der Waals surface area contributed by atoms with Gasteiger partial charge in [0.1, 0.15) is 5.82 Å². The number of nitrogens with zero attached hydrogens (tertiary/aromatic N) is 4. The van der Waals surface area contributed by atoms with E-state index in [0.29, 0.717) is 30.8 Å². The predicted molar refractivity (Wildman–Crippen MR) is 107 cm³/mol. The second-order valence-electron chi connectivity index (χ2n) is 6.65. The first kappa shape index (κ1) is 18.6. The zero-order valence-electron chi connectivity index (χ0n) is 15.9. The minimum atomic E-state index is -0.0197. The van der Waals surface area contributed by atoms with Crippen molar-refractivity contribution in [1.82, 2.24) is 25.1 Å². The summed E-state index contributed by atoms with van der Waals surface area (Å²) in [5.74, 6) is 1.31. The second kappa shape index (κ2) is 8.48. The van der Waals surface area contributed by atoms with E-state index in [1.165, 1.54) is 6.92 Å². The van der Waals surface area contributed by atoms with Gasteiger partial charge in [-0.15, -0.1) is 0 Å². The average Bonchev–Trinajstić information content (AvgIpc) is 3.04. The summed E-state index contributed by atoms with van der Waals surface area (Å²) < 4.78 is 1.79. The maximum Gasteiger partial charge on any atom is 0.216 e. The van der Waals surface area contributed by atoms with Crippen molar-refractivity contribution in [2.75, 3.05) is 23.7 Å². The number of anilines is 2. The van der Waals surface area contributed by atoms with Crippen molar-refractivity contribution in [3.8, 4) is 5.82 Å². The van der Waals surface area contributed by atoms with Crippen molar-refractivity contribution >= 4 is 28.3 Å². The molecule has 0 unspecified atom stereocenters. The highest BCUT2D eigenvalue weighted by Crippen LogP contribution is 2.22. The molecule has 142 valence electrons. The lowest BCUT2D eigenvalue weighted by molar-refractivity contribution is -0.118. The SMILES string of the molecule is CC(=O)NCCCNc1cncc(-n2ncc3ccc(NC(C)C)cc32)n1. The molecular formula is C19H25N7O. The van der Waals surface area contributed by atoms with Gasteiger partial charge in [-0.25, -0.2) is 9.67 Å². The Morgan fingerprint density at radius 2 is 2.04 bits per heavy atom. The summed E-state index contributed by atoms with van der Waals surface area (Å²) in [5.41, 5.74) is 2.01. The lowest BCUT2D eigenvalue weighted by atomic mass is 10.2. The van der Waals surface area contributed by atoms with Gasteiger partial charge >= 0.3 is 0 Å². The number of nitrogens with one attached hydrogen (secondary N) is 3. The van der Waals surface area contributed by atoms with Gasteiger partial charge in [-0.2, -0.15) is 5.10 Å². The highest BCUT2D eigenvalue weighted by atomic mass is 16.1. The Morgan fingerprint density at radius 1 is 1.19 bits per heavy atom. The summed E-state index contributed by atoms with van der Waals surface area (Å²) in [7, 11) is 0. The maximum atomic E-state index is 10.9. The standard InChI is InChI=1S/C19H25N7O/c1-13(2)24-16-6-5-15-10-23-26(17(15)9-16)19-12-20-11-18(25-19)22-8-4-7-21-14(3)27/h5-6,9-13,24H,4,7-8H2,1-3H3,(H,21,27)(H,22,25). The van der Waals surface area contributed by atoms with E-state index in [4.69, 9.17) is 0 Å². The summed E-state index contributed by atoms with van der Waals surface area (Å²) in [6, 6.07) is 6.51. The van der Waals surface area contributed by atoms with Crippen molar-refractivity contribution in [3.63, 3.8) is 0 Å². The predicted octanol–water partition coefficient (Wildman–Crippen LogP) is 2.57. The highest BCUT2D eigenvalue weighted by Gasteiger charge is 2.09. The fourth-order valence-electron chi connectivity index (χ4n) is 2.74. The number of fused-ring (bicyclic) bond motifs is 1. The molecular weight excluding hydrogens is 342 g/mol. The molecule has 0 aliphatic rings. The zero-order chi connectivity index (χ0) is 19.2. The molecule has 1 aromatic carbocycles. The Bertz CT molecular complexity index is 919. The molecule has 0 saturated carbocycles. The molecule has 3 N–H and O–H groups in total. The van der Waals surface area contributed by atoms with Crippen LogP contribution >= 0.6 is 0 Å². The van der Waals surface area contributed by atoms with Crippen molar-refractivity contribution < 1.29 is 4.79 Å². The molecule has 3 aromatic rings. The Kier molecular flexibility index (Phi) is 5.85. The van der Waals surface area contributed by atoms with E-state index < -0.39 is 0 Å². The van der Waals surface area contributed by atoms with Gasteiger partial charge in [-0.3, -0.25) is 9.78 Å². The van der Waals surface area contributed by atoms with E-state index in [2.05, 4.69) is 50.9 Å². The van der Waals surface area contributed by atoms with Crippen LogP contribution in [0.1, 0.15) is 27.2 Å². The molecule has 2 heterocycles. The van der Waals surface area contributed by atoms with Gasteiger partial charge in [0.05, 0.1) is 24.1 Å². The normalized spacial score (nSPS) is 11.0. The van der Waals surface area contributed by atoms with Crippen LogP contribution in [-0.2, 0) is 4.79 Å². The molecule has 3 rings (SSSR count). The fourth-order valence-corrected chi connectivity index (χ4v) is 2.74. The zero-order valence-corrected chi connectivity index (χ0v) is 15.9. The molecule has 1 amide bonds. The number of carbonyl (C=O) groups excluding carboxylic acids is 1. The Labute approximate surface area is 158 Å². The molecule has 0 aliphatic carbocycles. The first-order chi connectivity index (χ1) is 13.0. The van der Waals surface area contributed by atoms with Crippen molar-refractivity contribution in [1.29, 1.82) is 0 Å². The molecule has 0 atom stereocenters. The molecule has 0 saturated heterocycles. The van der Waals surface area contributed by atoms with Gasteiger partial charge in [0.25, 0.3) is 0 Å². The number of benzene rings is 1.